The summed E-state index contributed by atoms with van der Waals surface area (Å²) < 4.78 is 13.8. The molecule has 1 aromatic heterocycles. The molecule has 0 saturated heterocycles. The van der Waals surface area contributed by atoms with E-state index in [1.165, 1.54) is 30.4 Å². The third-order valence-corrected chi connectivity index (χ3v) is 4.16. The summed E-state index contributed by atoms with van der Waals surface area (Å²) in [5.74, 6) is -1.32. The number of rotatable bonds is 5. The van der Waals surface area contributed by atoms with Crippen LogP contribution >= 0.6 is 22.9 Å². The Hall–Kier alpha value is -1.92. The van der Waals surface area contributed by atoms with Crippen LogP contribution < -0.4 is 10.6 Å². The van der Waals surface area contributed by atoms with Crippen LogP contribution in [0.15, 0.2) is 35.7 Å². The molecule has 22 heavy (non-hydrogen) atoms. The van der Waals surface area contributed by atoms with Gasteiger partial charge in [0.25, 0.3) is 0 Å². The van der Waals surface area contributed by atoms with Gasteiger partial charge in [-0.2, -0.15) is 0 Å². The molecule has 2 aromatic rings. The van der Waals surface area contributed by atoms with Crippen LogP contribution in [-0.2, 0) is 9.59 Å². The molecule has 1 aromatic carbocycles. The fraction of sp³-hybridized carbons (Fsp3) is 0.200. The molecule has 0 fully saturated rings. The number of nitrogens with one attached hydrogen (secondary N) is 2. The van der Waals surface area contributed by atoms with E-state index >= 15 is 0 Å². The van der Waals surface area contributed by atoms with E-state index in [4.69, 9.17) is 11.6 Å². The van der Waals surface area contributed by atoms with Crippen molar-refractivity contribution in [3.63, 3.8) is 0 Å². The van der Waals surface area contributed by atoms with E-state index in [-0.39, 0.29) is 23.0 Å². The summed E-state index contributed by atoms with van der Waals surface area (Å²) in [5.41, 5.74) is 0.0188. The molecule has 116 valence electrons. The van der Waals surface area contributed by atoms with Crippen LogP contribution in [0.5, 0.6) is 0 Å². The number of anilines is 1. The predicted octanol–water partition coefficient (Wildman–Crippen LogP) is 3.75. The first-order valence-electron chi connectivity index (χ1n) is 6.51. The largest absolute Gasteiger partial charge is 0.348 e. The Morgan fingerprint density at radius 2 is 2.09 bits per heavy atom. The molecule has 0 radical (unpaired) electrons. The lowest BCUT2D eigenvalue weighted by Crippen LogP contribution is -2.29. The molecule has 1 atom stereocenters. The zero-order valence-corrected chi connectivity index (χ0v) is 13.3. The molecule has 2 N–H and O–H groups in total. The van der Waals surface area contributed by atoms with E-state index in [1.807, 2.05) is 17.5 Å². The lowest BCUT2D eigenvalue weighted by atomic mass is 10.1. The second-order valence-corrected chi connectivity index (χ2v) is 6.01. The van der Waals surface area contributed by atoms with Crippen molar-refractivity contribution in [2.24, 2.45) is 0 Å². The second kappa shape index (κ2) is 7.38. The summed E-state index contributed by atoms with van der Waals surface area (Å²) in [6, 6.07) is 7.60. The average Bonchev–Trinajstić information content (AvgIpc) is 2.97. The third-order valence-electron chi connectivity index (χ3n) is 2.88. The van der Waals surface area contributed by atoms with Crippen molar-refractivity contribution in [1.82, 2.24) is 5.32 Å². The number of thiophene rings is 1. The normalized spacial score (nSPS) is 11.8. The highest BCUT2D eigenvalue weighted by Crippen LogP contribution is 2.25. The summed E-state index contributed by atoms with van der Waals surface area (Å²) in [7, 11) is 0. The molecule has 7 heteroatoms. The van der Waals surface area contributed by atoms with E-state index in [1.54, 1.807) is 6.07 Å². The Kier molecular flexibility index (Phi) is 5.51. The van der Waals surface area contributed by atoms with Gasteiger partial charge in [-0.25, -0.2) is 4.39 Å². The summed E-state index contributed by atoms with van der Waals surface area (Å²) >= 11 is 7.11. The lowest BCUT2D eigenvalue weighted by Gasteiger charge is -2.16. The highest BCUT2D eigenvalue weighted by atomic mass is 35.5. The number of hydrogen-bond acceptors (Lipinski definition) is 3. The van der Waals surface area contributed by atoms with Gasteiger partial charge in [-0.05, 0) is 23.6 Å². The minimum atomic E-state index is -0.676. The van der Waals surface area contributed by atoms with E-state index in [0.717, 1.165) is 4.88 Å². The number of carbonyl (C=O) groups excluding carboxylic acids is 2. The molecule has 0 aliphatic heterocycles. The van der Waals surface area contributed by atoms with Crippen molar-refractivity contribution in [3.8, 4) is 0 Å². The Labute approximate surface area is 136 Å². The zero-order chi connectivity index (χ0) is 16.1. The monoisotopic (exact) mass is 340 g/mol. The van der Waals surface area contributed by atoms with Crippen LogP contribution in [0.25, 0.3) is 0 Å². The molecule has 0 unspecified atom stereocenters. The summed E-state index contributed by atoms with van der Waals surface area (Å²) in [6.07, 6.45) is 0.00600. The molecule has 1 heterocycles. The van der Waals surface area contributed by atoms with Crippen LogP contribution in [-0.4, -0.2) is 11.8 Å². The summed E-state index contributed by atoms with van der Waals surface area (Å²) in [5, 5.41) is 6.99. The molecule has 2 rings (SSSR count). The average molecular weight is 341 g/mol. The van der Waals surface area contributed by atoms with Crippen LogP contribution in [0.3, 0.4) is 0 Å². The van der Waals surface area contributed by atoms with Crippen LogP contribution in [0.2, 0.25) is 5.02 Å². The highest BCUT2D eigenvalue weighted by molar-refractivity contribution is 7.10. The van der Waals surface area contributed by atoms with Gasteiger partial charge in [-0.1, -0.05) is 23.7 Å². The Bertz CT molecular complexity index is 676. The van der Waals surface area contributed by atoms with Gasteiger partial charge in [-0.15, -0.1) is 11.3 Å². The van der Waals surface area contributed by atoms with E-state index in [2.05, 4.69) is 10.6 Å². The van der Waals surface area contributed by atoms with Crippen molar-refractivity contribution in [1.29, 1.82) is 0 Å². The molecule has 0 spiro atoms. The van der Waals surface area contributed by atoms with Gasteiger partial charge < -0.3 is 10.6 Å². The standard InChI is InChI=1S/C15H14ClFN2O2S/c1-9(20)18-12(13-6-3-7-22-13)8-14(21)19-11-5-2-4-10(16)15(11)17/h2-7,12H,8H2,1H3,(H,18,20)(H,19,21)/t12-/m0/s1. The van der Waals surface area contributed by atoms with Gasteiger partial charge in [0.15, 0.2) is 5.82 Å². The van der Waals surface area contributed by atoms with Crippen molar-refractivity contribution < 1.29 is 14.0 Å². The maximum absolute atomic E-state index is 13.8. The zero-order valence-electron chi connectivity index (χ0n) is 11.7. The van der Waals surface area contributed by atoms with Crippen LogP contribution in [0.1, 0.15) is 24.3 Å². The molecule has 4 nitrogen and oxygen atoms in total. The van der Waals surface area contributed by atoms with Gasteiger partial charge in [0.05, 0.1) is 23.2 Å². The number of hydrogen-bond donors (Lipinski definition) is 2. The quantitative estimate of drug-likeness (QED) is 0.871. The summed E-state index contributed by atoms with van der Waals surface area (Å²) in [6.45, 7) is 1.38. The van der Waals surface area contributed by atoms with Crippen molar-refractivity contribution >= 4 is 40.4 Å². The van der Waals surface area contributed by atoms with Crippen molar-refractivity contribution in [2.75, 3.05) is 5.32 Å². The Morgan fingerprint density at radius 3 is 2.73 bits per heavy atom. The number of carbonyl (C=O) groups is 2. The number of halogens is 2. The predicted molar refractivity (Wildman–Crippen MR) is 85.5 cm³/mol. The Balaban J connectivity index is 2.08. The van der Waals surface area contributed by atoms with Crippen LogP contribution in [0, 0.1) is 5.82 Å². The van der Waals surface area contributed by atoms with Crippen molar-refractivity contribution in [3.05, 3.63) is 51.4 Å². The molecule has 0 aliphatic rings. The van der Waals surface area contributed by atoms with Crippen LogP contribution in [0.4, 0.5) is 10.1 Å². The van der Waals surface area contributed by atoms with Gasteiger partial charge >= 0.3 is 0 Å². The molecular weight excluding hydrogens is 327 g/mol. The maximum Gasteiger partial charge on any atom is 0.226 e. The molecule has 0 saturated carbocycles. The molecule has 0 aliphatic carbocycles. The molecule has 0 bridgehead atoms. The van der Waals surface area contributed by atoms with E-state index < -0.39 is 17.8 Å². The van der Waals surface area contributed by atoms with Gasteiger partial charge in [0, 0.05) is 11.8 Å². The minimum absolute atomic E-state index is 0.00600. The van der Waals surface area contributed by atoms with Gasteiger partial charge in [-0.3, -0.25) is 9.59 Å². The van der Waals surface area contributed by atoms with Gasteiger partial charge in [0.1, 0.15) is 0 Å². The highest BCUT2D eigenvalue weighted by Gasteiger charge is 2.19. The van der Waals surface area contributed by atoms with E-state index in [0.29, 0.717) is 0 Å². The smallest absolute Gasteiger partial charge is 0.226 e. The van der Waals surface area contributed by atoms with E-state index in [9.17, 15) is 14.0 Å². The van der Waals surface area contributed by atoms with Gasteiger partial charge in [0.2, 0.25) is 11.8 Å². The molecule has 2 amide bonds. The first-order chi connectivity index (χ1) is 10.5. The fourth-order valence-electron chi connectivity index (χ4n) is 1.94. The maximum atomic E-state index is 13.8. The molecular formula is C15H14ClFN2O2S. The van der Waals surface area contributed by atoms with Crippen molar-refractivity contribution in [2.45, 2.75) is 19.4 Å². The fourth-order valence-corrected chi connectivity index (χ4v) is 2.90. The number of amides is 2. The first-order valence-corrected chi connectivity index (χ1v) is 7.77. The lowest BCUT2D eigenvalue weighted by molar-refractivity contribution is -0.120. The minimum Gasteiger partial charge on any atom is -0.348 e. The third kappa shape index (κ3) is 4.29. The summed E-state index contributed by atoms with van der Waals surface area (Å²) in [4.78, 5) is 24.2. The Morgan fingerprint density at radius 1 is 1.32 bits per heavy atom. The topological polar surface area (TPSA) is 58.2 Å². The second-order valence-electron chi connectivity index (χ2n) is 4.62. The SMILES string of the molecule is CC(=O)N[C@@H](CC(=O)Nc1cccc(Cl)c1F)c1cccs1. The first kappa shape index (κ1) is 16.5. The number of benzene rings is 1.